The maximum atomic E-state index is 12.3. The standard InChI is InChI=1S/C8H11ClF3NO/c9-4-7(14)13-3-1-2-6(5-13)8(10,11)12/h6H,1-5H2. The van der Waals surface area contributed by atoms with Crippen molar-refractivity contribution in [3.8, 4) is 0 Å². The first-order valence-corrected chi connectivity index (χ1v) is 4.89. The van der Waals surface area contributed by atoms with Crippen molar-refractivity contribution in [1.29, 1.82) is 0 Å². The van der Waals surface area contributed by atoms with Crippen LogP contribution in [0.1, 0.15) is 12.8 Å². The van der Waals surface area contributed by atoms with Crippen molar-refractivity contribution in [2.75, 3.05) is 19.0 Å². The summed E-state index contributed by atoms with van der Waals surface area (Å²) in [5, 5.41) is 0. The number of rotatable bonds is 1. The van der Waals surface area contributed by atoms with E-state index in [0.29, 0.717) is 13.0 Å². The highest BCUT2D eigenvalue weighted by atomic mass is 35.5. The molecule has 14 heavy (non-hydrogen) atoms. The van der Waals surface area contributed by atoms with Gasteiger partial charge >= 0.3 is 6.18 Å². The predicted molar refractivity (Wildman–Crippen MR) is 46.1 cm³/mol. The minimum atomic E-state index is -4.20. The van der Waals surface area contributed by atoms with E-state index in [1.165, 1.54) is 4.90 Å². The topological polar surface area (TPSA) is 20.3 Å². The van der Waals surface area contributed by atoms with Crippen LogP contribution in [0.3, 0.4) is 0 Å². The molecule has 0 aromatic heterocycles. The number of carbonyl (C=O) groups is 1. The smallest absolute Gasteiger partial charge is 0.341 e. The van der Waals surface area contributed by atoms with Gasteiger partial charge in [-0.05, 0) is 12.8 Å². The van der Waals surface area contributed by atoms with E-state index >= 15 is 0 Å². The molecule has 1 aliphatic heterocycles. The molecule has 1 atom stereocenters. The molecule has 1 aliphatic rings. The van der Waals surface area contributed by atoms with E-state index in [0.717, 1.165) is 0 Å². The molecular weight excluding hydrogens is 219 g/mol. The number of hydrogen-bond donors (Lipinski definition) is 0. The van der Waals surface area contributed by atoms with Crippen molar-refractivity contribution in [3.05, 3.63) is 0 Å². The lowest BCUT2D eigenvalue weighted by atomic mass is 9.97. The summed E-state index contributed by atoms with van der Waals surface area (Å²) in [6.07, 6.45) is -3.70. The monoisotopic (exact) mass is 229 g/mol. The van der Waals surface area contributed by atoms with Crippen LogP contribution in [0, 0.1) is 5.92 Å². The van der Waals surface area contributed by atoms with Gasteiger partial charge in [0.25, 0.3) is 0 Å². The average molecular weight is 230 g/mol. The zero-order valence-corrected chi connectivity index (χ0v) is 8.24. The molecule has 6 heteroatoms. The molecule has 1 rings (SSSR count). The van der Waals surface area contributed by atoms with Gasteiger partial charge in [0.15, 0.2) is 0 Å². The zero-order valence-electron chi connectivity index (χ0n) is 7.48. The maximum absolute atomic E-state index is 12.3. The fourth-order valence-corrected chi connectivity index (χ4v) is 1.72. The Hall–Kier alpha value is -0.450. The third kappa shape index (κ3) is 2.77. The third-order valence-electron chi connectivity index (χ3n) is 2.35. The van der Waals surface area contributed by atoms with Crippen LogP contribution in [0.2, 0.25) is 0 Å². The molecule has 0 N–H and O–H groups in total. The molecule has 0 bridgehead atoms. The van der Waals surface area contributed by atoms with Gasteiger partial charge in [0, 0.05) is 13.1 Å². The van der Waals surface area contributed by atoms with E-state index in [4.69, 9.17) is 11.6 Å². The third-order valence-corrected chi connectivity index (χ3v) is 2.58. The van der Waals surface area contributed by atoms with Crippen LogP contribution in [-0.4, -0.2) is 36.0 Å². The van der Waals surface area contributed by atoms with E-state index in [2.05, 4.69) is 0 Å². The Morgan fingerprint density at radius 1 is 1.50 bits per heavy atom. The van der Waals surface area contributed by atoms with Crippen molar-refractivity contribution < 1.29 is 18.0 Å². The Morgan fingerprint density at radius 2 is 2.14 bits per heavy atom. The Balaban J connectivity index is 2.56. The van der Waals surface area contributed by atoms with Gasteiger partial charge in [0.05, 0.1) is 5.92 Å². The average Bonchev–Trinajstić information content (AvgIpc) is 2.15. The van der Waals surface area contributed by atoms with Crippen LogP contribution in [0.4, 0.5) is 13.2 Å². The quantitative estimate of drug-likeness (QED) is 0.630. The van der Waals surface area contributed by atoms with Gasteiger partial charge < -0.3 is 4.90 Å². The van der Waals surface area contributed by atoms with Crippen LogP contribution >= 0.6 is 11.6 Å². The summed E-state index contributed by atoms with van der Waals surface area (Å²) in [6, 6.07) is 0. The van der Waals surface area contributed by atoms with Crippen LogP contribution in [0.15, 0.2) is 0 Å². The van der Waals surface area contributed by atoms with Crippen molar-refractivity contribution in [2.24, 2.45) is 5.92 Å². The fourth-order valence-electron chi connectivity index (χ4n) is 1.56. The molecule has 2 nitrogen and oxygen atoms in total. The number of hydrogen-bond acceptors (Lipinski definition) is 1. The summed E-state index contributed by atoms with van der Waals surface area (Å²) < 4.78 is 36.9. The minimum Gasteiger partial charge on any atom is -0.341 e. The second-order valence-corrected chi connectivity index (χ2v) is 3.62. The van der Waals surface area contributed by atoms with Crippen LogP contribution in [-0.2, 0) is 4.79 Å². The number of piperidine rings is 1. The first-order valence-electron chi connectivity index (χ1n) is 4.35. The molecule has 0 aliphatic carbocycles. The van der Waals surface area contributed by atoms with Gasteiger partial charge in [-0.1, -0.05) is 0 Å². The summed E-state index contributed by atoms with van der Waals surface area (Å²) in [5.41, 5.74) is 0. The summed E-state index contributed by atoms with van der Waals surface area (Å²) in [4.78, 5) is 12.3. The summed E-state index contributed by atoms with van der Waals surface area (Å²) >= 11 is 5.27. The molecule has 1 heterocycles. The molecule has 1 fully saturated rings. The van der Waals surface area contributed by atoms with Crippen molar-refractivity contribution in [3.63, 3.8) is 0 Å². The molecule has 0 radical (unpaired) electrons. The van der Waals surface area contributed by atoms with Crippen molar-refractivity contribution >= 4 is 17.5 Å². The Labute approximate surface area is 85.0 Å². The number of likely N-dealkylation sites (tertiary alicyclic amines) is 1. The second-order valence-electron chi connectivity index (χ2n) is 3.35. The molecule has 1 amide bonds. The van der Waals surface area contributed by atoms with E-state index in [9.17, 15) is 18.0 Å². The predicted octanol–water partition coefficient (Wildman–Crippen LogP) is 2.03. The largest absolute Gasteiger partial charge is 0.393 e. The van der Waals surface area contributed by atoms with E-state index in [1.807, 2.05) is 0 Å². The summed E-state index contributed by atoms with van der Waals surface area (Å²) in [5.74, 6) is -2.05. The zero-order chi connectivity index (χ0) is 10.8. The molecular formula is C8H11ClF3NO. The normalized spacial score (nSPS) is 23.7. The van der Waals surface area contributed by atoms with Crippen LogP contribution < -0.4 is 0 Å². The van der Waals surface area contributed by atoms with Gasteiger partial charge in [0.2, 0.25) is 5.91 Å². The van der Waals surface area contributed by atoms with Gasteiger partial charge in [-0.15, -0.1) is 11.6 Å². The Kier molecular flexibility index (Phi) is 3.64. The lowest BCUT2D eigenvalue weighted by molar-refractivity contribution is -0.187. The highest BCUT2D eigenvalue weighted by molar-refractivity contribution is 6.27. The molecule has 0 aromatic rings. The number of amides is 1. The highest BCUT2D eigenvalue weighted by Crippen LogP contribution is 2.33. The highest BCUT2D eigenvalue weighted by Gasteiger charge is 2.42. The maximum Gasteiger partial charge on any atom is 0.393 e. The number of carbonyl (C=O) groups excluding carboxylic acids is 1. The van der Waals surface area contributed by atoms with Crippen molar-refractivity contribution in [1.82, 2.24) is 4.90 Å². The molecule has 0 saturated carbocycles. The van der Waals surface area contributed by atoms with Gasteiger partial charge in [-0.3, -0.25) is 4.79 Å². The summed E-state index contributed by atoms with van der Waals surface area (Å²) in [6.45, 7) is 0.146. The summed E-state index contributed by atoms with van der Waals surface area (Å²) in [7, 11) is 0. The van der Waals surface area contributed by atoms with Gasteiger partial charge in [-0.25, -0.2) is 0 Å². The van der Waals surface area contributed by atoms with Crippen LogP contribution in [0.5, 0.6) is 0 Å². The van der Waals surface area contributed by atoms with Crippen molar-refractivity contribution in [2.45, 2.75) is 19.0 Å². The molecule has 0 aromatic carbocycles. The Bertz CT molecular complexity index is 219. The van der Waals surface area contributed by atoms with E-state index < -0.39 is 18.0 Å². The molecule has 0 spiro atoms. The number of alkyl halides is 4. The van der Waals surface area contributed by atoms with E-state index in [1.54, 1.807) is 0 Å². The SMILES string of the molecule is O=C(CCl)N1CCCC(C(F)(F)F)C1. The van der Waals surface area contributed by atoms with Gasteiger partial charge in [0.1, 0.15) is 5.88 Å². The lowest BCUT2D eigenvalue weighted by Gasteiger charge is -2.33. The molecule has 1 unspecified atom stereocenters. The molecule has 82 valence electrons. The number of halogens is 4. The van der Waals surface area contributed by atoms with Crippen LogP contribution in [0.25, 0.3) is 0 Å². The lowest BCUT2D eigenvalue weighted by Crippen LogP contribution is -2.45. The number of nitrogens with zero attached hydrogens (tertiary/aromatic N) is 1. The first kappa shape index (κ1) is 11.6. The second kappa shape index (κ2) is 4.38. The molecule has 1 saturated heterocycles. The Morgan fingerprint density at radius 3 is 2.64 bits per heavy atom. The fraction of sp³-hybridized carbons (Fsp3) is 0.875. The van der Waals surface area contributed by atoms with Gasteiger partial charge in [-0.2, -0.15) is 13.2 Å². The van der Waals surface area contributed by atoms with E-state index in [-0.39, 0.29) is 18.8 Å². The first-order chi connectivity index (χ1) is 6.45. The minimum absolute atomic E-state index is 0.107.